The lowest BCUT2D eigenvalue weighted by molar-refractivity contribution is -0.142. The minimum Gasteiger partial charge on any atom is -0.480 e. The number of rotatable bonds is 14. The zero-order valence-electron chi connectivity index (χ0n) is 23.0. The van der Waals surface area contributed by atoms with Crippen LogP contribution < -0.4 is 21.3 Å². The van der Waals surface area contributed by atoms with Gasteiger partial charge in [0.2, 0.25) is 17.7 Å². The minimum atomic E-state index is -1.21. The SMILES string of the molecule is CSCCC(NC(=O)C1CCCN1)C(=O)NC(Cc1ccccc1)C(=O)NC(Cc1c[nH]c2ccccc12)C(=O)O. The van der Waals surface area contributed by atoms with Gasteiger partial charge < -0.3 is 31.4 Å². The number of benzene rings is 2. The first kappa shape index (κ1) is 30.1. The van der Waals surface area contributed by atoms with Crippen LogP contribution >= 0.6 is 11.8 Å². The maximum Gasteiger partial charge on any atom is 0.326 e. The van der Waals surface area contributed by atoms with Gasteiger partial charge in [-0.3, -0.25) is 14.4 Å². The van der Waals surface area contributed by atoms with Gasteiger partial charge in [0.1, 0.15) is 18.1 Å². The number of aliphatic carboxylic acids is 1. The third-order valence-electron chi connectivity index (χ3n) is 7.25. The highest BCUT2D eigenvalue weighted by atomic mass is 32.2. The molecule has 218 valence electrons. The molecule has 10 nitrogen and oxygen atoms in total. The van der Waals surface area contributed by atoms with E-state index in [2.05, 4.69) is 26.3 Å². The average molecular weight is 580 g/mol. The Labute approximate surface area is 243 Å². The van der Waals surface area contributed by atoms with Crippen LogP contribution in [-0.2, 0) is 32.0 Å². The molecule has 3 aromatic rings. The van der Waals surface area contributed by atoms with Crippen LogP contribution in [0.25, 0.3) is 10.9 Å². The zero-order chi connectivity index (χ0) is 29.2. The Morgan fingerprint density at radius 3 is 2.34 bits per heavy atom. The van der Waals surface area contributed by atoms with Crippen LogP contribution in [0.5, 0.6) is 0 Å². The van der Waals surface area contributed by atoms with E-state index in [1.165, 1.54) is 0 Å². The Bertz CT molecular complexity index is 1340. The first-order valence-corrected chi connectivity index (χ1v) is 15.2. The highest BCUT2D eigenvalue weighted by molar-refractivity contribution is 7.98. The molecule has 4 rings (SSSR count). The average Bonchev–Trinajstić information content (AvgIpc) is 3.66. The smallest absolute Gasteiger partial charge is 0.326 e. The normalized spacial score (nSPS) is 17.0. The number of nitrogens with one attached hydrogen (secondary N) is 5. The molecule has 1 aliphatic rings. The van der Waals surface area contributed by atoms with Gasteiger partial charge in [0.25, 0.3) is 0 Å². The molecule has 4 unspecified atom stereocenters. The second-order valence-corrected chi connectivity index (χ2v) is 11.2. The molecular weight excluding hydrogens is 542 g/mol. The van der Waals surface area contributed by atoms with Crippen LogP contribution in [0.1, 0.15) is 30.4 Å². The third kappa shape index (κ3) is 8.34. The van der Waals surface area contributed by atoms with Gasteiger partial charge in [-0.25, -0.2) is 4.79 Å². The summed E-state index contributed by atoms with van der Waals surface area (Å²) < 4.78 is 0. The van der Waals surface area contributed by atoms with Crippen molar-refractivity contribution in [1.82, 2.24) is 26.3 Å². The van der Waals surface area contributed by atoms with Gasteiger partial charge in [0, 0.05) is 29.9 Å². The maximum atomic E-state index is 13.6. The summed E-state index contributed by atoms with van der Waals surface area (Å²) in [7, 11) is 0. The molecule has 11 heteroatoms. The molecule has 0 spiro atoms. The van der Waals surface area contributed by atoms with Crippen LogP contribution in [0.3, 0.4) is 0 Å². The molecule has 3 amide bonds. The van der Waals surface area contributed by atoms with Crippen molar-refractivity contribution in [3.63, 3.8) is 0 Å². The van der Waals surface area contributed by atoms with Gasteiger partial charge in [0.15, 0.2) is 0 Å². The van der Waals surface area contributed by atoms with Crippen molar-refractivity contribution in [1.29, 1.82) is 0 Å². The second-order valence-electron chi connectivity index (χ2n) is 10.2. The van der Waals surface area contributed by atoms with Gasteiger partial charge in [-0.2, -0.15) is 11.8 Å². The minimum absolute atomic E-state index is 0.0673. The Kier molecular flexibility index (Phi) is 10.8. The quantitative estimate of drug-likeness (QED) is 0.171. The van der Waals surface area contributed by atoms with Gasteiger partial charge in [-0.1, -0.05) is 48.5 Å². The summed E-state index contributed by atoms with van der Waals surface area (Å²) >= 11 is 1.55. The van der Waals surface area contributed by atoms with Crippen LogP contribution in [-0.4, -0.2) is 76.5 Å². The number of H-pyrrole nitrogens is 1. The number of aromatic amines is 1. The van der Waals surface area contributed by atoms with Crippen LogP contribution in [0.4, 0.5) is 0 Å². The fourth-order valence-electron chi connectivity index (χ4n) is 5.01. The largest absolute Gasteiger partial charge is 0.480 e. The van der Waals surface area contributed by atoms with Crippen LogP contribution in [0, 0.1) is 0 Å². The molecule has 1 saturated heterocycles. The van der Waals surface area contributed by atoms with Crippen molar-refractivity contribution in [2.75, 3.05) is 18.6 Å². The molecule has 1 aromatic heterocycles. The molecule has 0 radical (unpaired) electrons. The van der Waals surface area contributed by atoms with Crippen molar-refractivity contribution < 1.29 is 24.3 Å². The number of fused-ring (bicyclic) bond motifs is 1. The Balaban J connectivity index is 1.50. The molecule has 6 N–H and O–H groups in total. The molecule has 1 aliphatic heterocycles. The van der Waals surface area contributed by atoms with E-state index in [9.17, 15) is 24.3 Å². The van der Waals surface area contributed by atoms with E-state index in [0.29, 0.717) is 18.6 Å². The van der Waals surface area contributed by atoms with E-state index in [1.54, 1.807) is 18.0 Å². The van der Waals surface area contributed by atoms with Crippen molar-refractivity contribution >= 4 is 46.4 Å². The number of carboxylic acids is 1. The van der Waals surface area contributed by atoms with E-state index in [-0.39, 0.29) is 24.8 Å². The summed E-state index contributed by atoms with van der Waals surface area (Å²) in [5, 5.41) is 22.3. The molecule has 4 atom stereocenters. The molecule has 41 heavy (non-hydrogen) atoms. The lowest BCUT2D eigenvalue weighted by Crippen LogP contribution is -2.57. The molecule has 0 aliphatic carbocycles. The fourth-order valence-corrected chi connectivity index (χ4v) is 5.48. The van der Waals surface area contributed by atoms with E-state index in [4.69, 9.17) is 0 Å². The molecule has 2 heterocycles. The first-order valence-electron chi connectivity index (χ1n) is 13.8. The summed E-state index contributed by atoms with van der Waals surface area (Å²) in [5.74, 6) is -1.87. The number of aromatic nitrogens is 1. The van der Waals surface area contributed by atoms with Crippen LogP contribution in [0.2, 0.25) is 0 Å². The summed E-state index contributed by atoms with van der Waals surface area (Å²) in [6.07, 6.45) is 5.87. The van der Waals surface area contributed by atoms with E-state index in [1.807, 2.05) is 60.9 Å². The third-order valence-corrected chi connectivity index (χ3v) is 7.89. The molecule has 0 saturated carbocycles. The van der Waals surface area contributed by atoms with Crippen molar-refractivity contribution in [3.05, 3.63) is 71.9 Å². The van der Waals surface area contributed by atoms with Crippen molar-refractivity contribution in [3.8, 4) is 0 Å². The number of carbonyl (C=O) groups is 4. The Morgan fingerprint density at radius 2 is 1.63 bits per heavy atom. The first-order chi connectivity index (χ1) is 19.9. The summed E-state index contributed by atoms with van der Waals surface area (Å²) in [6.45, 7) is 0.752. The molecule has 0 bridgehead atoms. The summed E-state index contributed by atoms with van der Waals surface area (Å²) in [6, 6.07) is 13.3. The van der Waals surface area contributed by atoms with Gasteiger partial charge >= 0.3 is 5.97 Å². The maximum absolute atomic E-state index is 13.6. The number of carboxylic acid groups (broad SMARTS) is 1. The highest BCUT2D eigenvalue weighted by Gasteiger charge is 2.31. The van der Waals surface area contributed by atoms with Crippen molar-refractivity contribution in [2.45, 2.75) is 56.3 Å². The second kappa shape index (κ2) is 14.7. The van der Waals surface area contributed by atoms with E-state index >= 15 is 0 Å². The predicted molar refractivity (Wildman–Crippen MR) is 160 cm³/mol. The van der Waals surface area contributed by atoms with Gasteiger partial charge in [-0.15, -0.1) is 0 Å². The standard InChI is InChI=1S/C30H37N5O5S/c1-41-15-13-24(33-27(36)23-12-7-14-31-23)28(37)34-25(16-19-8-3-2-4-9-19)29(38)35-26(30(39)40)17-20-18-32-22-11-6-5-10-21(20)22/h2-6,8-11,18,23-26,31-32H,7,12-17H2,1H3,(H,33,36)(H,34,37)(H,35,38)(H,39,40). The molecule has 2 aromatic carbocycles. The van der Waals surface area contributed by atoms with Gasteiger partial charge in [-0.05, 0) is 55.0 Å². The number of hydrogen-bond acceptors (Lipinski definition) is 6. The number of amides is 3. The topological polar surface area (TPSA) is 152 Å². The molecular formula is C30H37N5O5S. The lowest BCUT2D eigenvalue weighted by atomic mass is 10.0. The Hall–Kier alpha value is -3.83. The van der Waals surface area contributed by atoms with Crippen molar-refractivity contribution in [2.24, 2.45) is 0 Å². The number of hydrogen-bond donors (Lipinski definition) is 6. The molecule has 1 fully saturated rings. The predicted octanol–water partition coefficient (Wildman–Crippen LogP) is 2.00. The number of carbonyl (C=O) groups excluding carboxylic acids is 3. The van der Waals surface area contributed by atoms with E-state index < -0.39 is 35.9 Å². The highest BCUT2D eigenvalue weighted by Crippen LogP contribution is 2.19. The monoisotopic (exact) mass is 579 g/mol. The Morgan fingerprint density at radius 1 is 0.927 bits per heavy atom. The van der Waals surface area contributed by atoms with Gasteiger partial charge in [0.05, 0.1) is 6.04 Å². The number of para-hydroxylation sites is 1. The summed E-state index contributed by atoms with van der Waals surface area (Å²) in [5.41, 5.74) is 2.44. The zero-order valence-corrected chi connectivity index (χ0v) is 23.8. The lowest BCUT2D eigenvalue weighted by Gasteiger charge is -2.25. The van der Waals surface area contributed by atoms with Crippen LogP contribution in [0.15, 0.2) is 60.8 Å². The summed E-state index contributed by atoms with van der Waals surface area (Å²) in [4.78, 5) is 55.2. The van der Waals surface area contributed by atoms with E-state index in [0.717, 1.165) is 35.0 Å². The number of thioether (sulfide) groups is 1. The fraction of sp³-hybridized carbons (Fsp3) is 0.400.